The van der Waals surface area contributed by atoms with E-state index in [4.69, 9.17) is 9.47 Å². The number of rotatable bonds is 6. The number of piperidine rings is 1. The van der Waals surface area contributed by atoms with Crippen LogP contribution in [0.1, 0.15) is 38.4 Å². The van der Waals surface area contributed by atoms with Gasteiger partial charge in [0, 0.05) is 25.7 Å². The van der Waals surface area contributed by atoms with E-state index in [-0.39, 0.29) is 0 Å². The number of aliphatic hydroxyl groups is 1. The zero-order chi connectivity index (χ0) is 18.2. The van der Waals surface area contributed by atoms with E-state index in [2.05, 4.69) is 29.1 Å². The van der Waals surface area contributed by atoms with E-state index in [1.165, 1.54) is 12.8 Å². The summed E-state index contributed by atoms with van der Waals surface area (Å²) in [7, 11) is 3.20. The zero-order valence-corrected chi connectivity index (χ0v) is 15.8. The average molecular weight is 349 g/mol. The number of aliphatic hydroxyl groups excluding tert-OH is 1. The van der Waals surface area contributed by atoms with Gasteiger partial charge in [0.1, 0.15) is 11.5 Å². The Balaban J connectivity index is 2.11. The van der Waals surface area contributed by atoms with Crippen molar-refractivity contribution in [3.8, 4) is 11.5 Å². The van der Waals surface area contributed by atoms with Crippen molar-refractivity contribution in [1.29, 1.82) is 0 Å². The molecule has 6 nitrogen and oxygen atoms in total. The molecule has 1 fully saturated rings. The third-order valence-corrected chi connectivity index (χ3v) is 4.46. The van der Waals surface area contributed by atoms with Gasteiger partial charge in [-0.1, -0.05) is 6.92 Å². The minimum atomic E-state index is -0.708. The van der Waals surface area contributed by atoms with Crippen molar-refractivity contribution in [1.82, 2.24) is 10.2 Å². The lowest BCUT2D eigenvalue weighted by molar-refractivity contribution is 0.185. The molecule has 1 heterocycles. The van der Waals surface area contributed by atoms with Gasteiger partial charge in [0.05, 0.1) is 26.9 Å². The lowest BCUT2D eigenvalue weighted by Gasteiger charge is -2.33. The minimum Gasteiger partial charge on any atom is -0.497 e. The molecule has 0 bridgehead atoms. The van der Waals surface area contributed by atoms with Crippen molar-refractivity contribution in [3.05, 3.63) is 23.8 Å². The predicted octanol–water partition coefficient (Wildman–Crippen LogP) is 2.43. The van der Waals surface area contributed by atoms with Crippen molar-refractivity contribution in [2.45, 2.75) is 32.8 Å². The first-order chi connectivity index (χ1) is 12.1. The zero-order valence-electron chi connectivity index (χ0n) is 15.8. The highest BCUT2D eigenvalue weighted by atomic mass is 16.5. The summed E-state index contributed by atoms with van der Waals surface area (Å²) >= 11 is 0. The second kappa shape index (κ2) is 9.51. The van der Waals surface area contributed by atoms with Gasteiger partial charge in [-0.15, -0.1) is 0 Å². The van der Waals surface area contributed by atoms with Crippen LogP contribution in [0.2, 0.25) is 0 Å². The lowest BCUT2D eigenvalue weighted by atomic mass is 10.0. The van der Waals surface area contributed by atoms with Crippen LogP contribution >= 0.6 is 0 Å². The molecule has 0 radical (unpaired) electrons. The first-order valence-corrected chi connectivity index (χ1v) is 9.01. The number of hydrogen-bond donors (Lipinski definition) is 2. The molecule has 2 atom stereocenters. The van der Waals surface area contributed by atoms with Crippen LogP contribution < -0.4 is 14.8 Å². The van der Waals surface area contributed by atoms with Crippen LogP contribution in [0.3, 0.4) is 0 Å². The molecule has 1 aliphatic heterocycles. The second-order valence-corrected chi connectivity index (χ2v) is 6.55. The standard InChI is InChI=1S/C19H31N3O3/c1-5-20-19(22-8-6-7-14(2)13-22)21-12-18(23)15-9-16(24-3)11-17(10-15)25-4/h9-11,14,18,23H,5-8,12-13H2,1-4H3,(H,20,21). The molecule has 2 unspecified atom stereocenters. The topological polar surface area (TPSA) is 66.3 Å². The van der Waals surface area contributed by atoms with E-state index < -0.39 is 6.10 Å². The van der Waals surface area contributed by atoms with E-state index in [0.717, 1.165) is 31.2 Å². The van der Waals surface area contributed by atoms with Crippen molar-refractivity contribution < 1.29 is 14.6 Å². The van der Waals surface area contributed by atoms with Gasteiger partial charge in [-0.25, -0.2) is 0 Å². The van der Waals surface area contributed by atoms with E-state index in [9.17, 15) is 5.11 Å². The molecule has 6 heteroatoms. The molecular weight excluding hydrogens is 318 g/mol. The molecule has 1 aromatic rings. The highest BCUT2D eigenvalue weighted by Gasteiger charge is 2.19. The van der Waals surface area contributed by atoms with Crippen LogP contribution in [0.15, 0.2) is 23.2 Å². The summed E-state index contributed by atoms with van der Waals surface area (Å²) in [6.45, 7) is 7.46. The van der Waals surface area contributed by atoms with Gasteiger partial charge in [0.25, 0.3) is 0 Å². The Morgan fingerprint density at radius 2 is 2.00 bits per heavy atom. The van der Waals surface area contributed by atoms with Gasteiger partial charge in [-0.2, -0.15) is 0 Å². The Morgan fingerprint density at radius 1 is 1.32 bits per heavy atom. The predicted molar refractivity (Wildman–Crippen MR) is 100 cm³/mol. The fourth-order valence-electron chi connectivity index (χ4n) is 3.11. The van der Waals surface area contributed by atoms with Gasteiger partial charge < -0.3 is 24.8 Å². The molecule has 1 aromatic carbocycles. The maximum atomic E-state index is 10.6. The number of likely N-dealkylation sites (tertiary alicyclic amines) is 1. The fraction of sp³-hybridized carbons (Fsp3) is 0.632. The average Bonchev–Trinajstić information content (AvgIpc) is 2.64. The number of benzene rings is 1. The molecule has 0 aliphatic carbocycles. The number of methoxy groups -OCH3 is 2. The summed E-state index contributed by atoms with van der Waals surface area (Å²) in [5.74, 6) is 2.87. The van der Waals surface area contributed by atoms with Crippen LogP contribution in [0.4, 0.5) is 0 Å². The molecule has 0 aromatic heterocycles. The molecule has 2 rings (SSSR count). The number of nitrogens with zero attached hydrogens (tertiary/aromatic N) is 2. The van der Waals surface area contributed by atoms with Gasteiger partial charge in [0.15, 0.2) is 5.96 Å². The van der Waals surface area contributed by atoms with Crippen LogP contribution in [0.25, 0.3) is 0 Å². The van der Waals surface area contributed by atoms with E-state index in [1.54, 1.807) is 20.3 Å². The van der Waals surface area contributed by atoms with Gasteiger partial charge in [-0.3, -0.25) is 4.99 Å². The molecular formula is C19H31N3O3. The maximum absolute atomic E-state index is 10.6. The largest absolute Gasteiger partial charge is 0.497 e. The molecule has 140 valence electrons. The Hall–Kier alpha value is -1.95. The Labute approximate surface area is 150 Å². The van der Waals surface area contributed by atoms with Crippen LogP contribution in [0, 0.1) is 5.92 Å². The summed E-state index contributed by atoms with van der Waals surface area (Å²) < 4.78 is 10.5. The molecule has 1 aliphatic rings. The molecule has 2 N–H and O–H groups in total. The van der Waals surface area contributed by atoms with Gasteiger partial charge in [0.2, 0.25) is 0 Å². The van der Waals surface area contributed by atoms with Crippen molar-refractivity contribution in [2.75, 3.05) is 40.4 Å². The Morgan fingerprint density at radius 3 is 2.56 bits per heavy atom. The van der Waals surface area contributed by atoms with Crippen molar-refractivity contribution in [3.63, 3.8) is 0 Å². The maximum Gasteiger partial charge on any atom is 0.194 e. The number of hydrogen-bond acceptors (Lipinski definition) is 4. The third kappa shape index (κ3) is 5.53. The summed E-state index contributed by atoms with van der Waals surface area (Å²) in [6.07, 6.45) is 1.74. The van der Waals surface area contributed by atoms with E-state index >= 15 is 0 Å². The van der Waals surface area contributed by atoms with Crippen LogP contribution in [0.5, 0.6) is 11.5 Å². The van der Waals surface area contributed by atoms with Crippen molar-refractivity contribution >= 4 is 5.96 Å². The number of guanidine groups is 1. The molecule has 25 heavy (non-hydrogen) atoms. The molecule has 1 saturated heterocycles. The van der Waals surface area contributed by atoms with Crippen LogP contribution in [-0.2, 0) is 0 Å². The fourth-order valence-corrected chi connectivity index (χ4v) is 3.11. The minimum absolute atomic E-state index is 0.295. The smallest absolute Gasteiger partial charge is 0.194 e. The van der Waals surface area contributed by atoms with E-state index in [1.807, 2.05) is 12.1 Å². The molecule has 0 amide bonds. The molecule has 0 spiro atoms. The third-order valence-electron chi connectivity index (χ3n) is 4.46. The first-order valence-electron chi connectivity index (χ1n) is 9.01. The molecule has 0 saturated carbocycles. The summed E-state index contributed by atoms with van der Waals surface area (Å²) in [6, 6.07) is 5.43. The Kier molecular flexibility index (Phi) is 7.37. The number of aliphatic imine (C=N–C) groups is 1. The van der Waals surface area contributed by atoms with Gasteiger partial charge >= 0.3 is 0 Å². The normalized spacial score (nSPS) is 19.5. The summed E-state index contributed by atoms with van der Waals surface area (Å²) in [4.78, 5) is 6.95. The van der Waals surface area contributed by atoms with E-state index in [0.29, 0.717) is 24.0 Å². The first kappa shape index (κ1) is 19.4. The second-order valence-electron chi connectivity index (χ2n) is 6.55. The van der Waals surface area contributed by atoms with Gasteiger partial charge in [-0.05, 0) is 43.4 Å². The lowest BCUT2D eigenvalue weighted by Crippen LogP contribution is -2.46. The quantitative estimate of drug-likeness (QED) is 0.610. The SMILES string of the molecule is CCNC(=NCC(O)c1cc(OC)cc(OC)c1)N1CCCC(C)C1. The van der Waals surface area contributed by atoms with Crippen molar-refractivity contribution in [2.24, 2.45) is 10.9 Å². The number of ether oxygens (including phenoxy) is 2. The highest BCUT2D eigenvalue weighted by molar-refractivity contribution is 5.80. The number of nitrogens with one attached hydrogen (secondary N) is 1. The Bertz CT molecular complexity index is 555. The highest BCUT2D eigenvalue weighted by Crippen LogP contribution is 2.26. The summed E-state index contributed by atoms with van der Waals surface area (Å²) in [5, 5.41) is 13.9. The monoisotopic (exact) mass is 349 g/mol. The summed E-state index contributed by atoms with van der Waals surface area (Å²) in [5.41, 5.74) is 0.739. The van der Waals surface area contributed by atoms with Crippen LogP contribution in [-0.4, -0.2) is 56.4 Å².